The number of hydrogen-bond donors (Lipinski definition) is 0. The van der Waals surface area contributed by atoms with E-state index >= 15 is 0 Å². The molecule has 19 heavy (non-hydrogen) atoms. The maximum Gasteiger partial charge on any atom is 0.258 e. The third kappa shape index (κ3) is 2.72. The Bertz CT molecular complexity index is 446. The molecule has 1 amide bonds. The number of carbonyl (C=O) groups excluding carboxylic acids is 1. The van der Waals surface area contributed by atoms with Crippen molar-refractivity contribution in [2.24, 2.45) is 0 Å². The van der Waals surface area contributed by atoms with Gasteiger partial charge in [-0.2, -0.15) is 0 Å². The van der Waals surface area contributed by atoms with Crippen LogP contribution in [0.1, 0.15) is 36.0 Å². The van der Waals surface area contributed by atoms with Crippen LogP contribution in [0, 0.1) is 0 Å². The number of hydrogen-bond acceptors (Lipinski definition) is 3. The zero-order valence-corrected chi connectivity index (χ0v) is 12.6. The lowest BCUT2D eigenvalue weighted by Crippen LogP contribution is -2.51. The minimum absolute atomic E-state index is 0.0756. The molecule has 0 spiro atoms. The standard InChI is InChI=1S/C14H19BrN2O2/c15-13-12(5-10-19-13)14(18)17-8-6-16(7-9-17)11-3-1-2-4-11/h5,10-11H,1-4,6-9H2. The molecule has 2 heterocycles. The largest absolute Gasteiger partial charge is 0.457 e. The molecular weight excluding hydrogens is 308 g/mol. The summed E-state index contributed by atoms with van der Waals surface area (Å²) >= 11 is 3.27. The second-order valence-corrected chi connectivity index (χ2v) is 6.09. The van der Waals surface area contributed by atoms with E-state index in [0.717, 1.165) is 32.2 Å². The Hall–Kier alpha value is -0.810. The normalized spacial score (nSPS) is 22.1. The van der Waals surface area contributed by atoms with E-state index in [-0.39, 0.29) is 5.91 Å². The Labute approximate surface area is 121 Å². The van der Waals surface area contributed by atoms with Gasteiger partial charge in [0, 0.05) is 32.2 Å². The van der Waals surface area contributed by atoms with E-state index in [1.807, 2.05) is 4.90 Å². The summed E-state index contributed by atoms with van der Waals surface area (Å²) in [6.07, 6.45) is 6.95. The van der Waals surface area contributed by atoms with Gasteiger partial charge in [-0.3, -0.25) is 9.69 Å². The van der Waals surface area contributed by atoms with E-state index in [1.54, 1.807) is 12.3 Å². The van der Waals surface area contributed by atoms with Gasteiger partial charge in [0.05, 0.1) is 11.8 Å². The number of furan rings is 1. The number of halogens is 1. The zero-order chi connectivity index (χ0) is 13.2. The third-order valence-electron chi connectivity index (χ3n) is 4.29. The van der Waals surface area contributed by atoms with Gasteiger partial charge in [0.25, 0.3) is 5.91 Å². The van der Waals surface area contributed by atoms with Crippen LogP contribution in [0.4, 0.5) is 0 Å². The molecule has 2 fully saturated rings. The van der Waals surface area contributed by atoms with E-state index in [9.17, 15) is 4.79 Å². The van der Waals surface area contributed by atoms with Crippen LogP contribution in [0.5, 0.6) is 0 Å². The van der Waals surface area contributed by atoms with Gasteiger partial charge in [-0.15, -0.1) is 0 Å². The summed E-state index contributed by atoms with van der Waals surface area (Å²) < 4.78 is 5.68. The molecule has 5 heteroatoms. The molecule has 4 nitrogen and oxygen atoms in total. The second-order valence-electron chi connectivity index (χ2n) is 5.37. The van der Waals surface area contributed by atoms with Crippen LogP contribution in [0.15, 0.2) is 21.4 Å². The van der Waals surface area contributed by atoms with Gasteiger partial charge in [-0.05, 0) is 34.8 Å². The van der Waals surface area contributed by atoms with Gasteiger partial charge >= 0.3 is 0 Å². The van der Waals surface area contributed by atoms with Crippen molar-refractivity contribution < 1.29 is 9.21 Å². The van der Waals surface area contributed by atoms with Crippen LogP contribution in [-0.2, 0) is 0 Å². The van der Waals surface area contributed by atoms with Crippen LogP contribution in [0.3, 0.4) is 0 Å². The SMILES string of the molecule is O=C(c1ccoc1Br)N1CCN(C2CCCC2)CC1. The number of rotatable bonds is 2. The van der Waals surface area contributed by atoms with Crippen molar-refractivity contribution >= 4 is 21.8 Å². The molecule has 0 N–H and O–H groups in total. The van der Waals surface area contributed by atoms with Crippen molar-refractivity contribution in [3.05, 3.63) is 22.6 Å². The second kappa shape index (κ2) is 5.67. The Morgan fingerprint density at radius 2 is 1.89 bits per heavy atom. The molecule has 1 aliphatic heterocycles. The maximum absolute atomic E-state index is 12.3. The summed E-state index contributed by atoms with van der Waals surface area (Å²) in [5.41, 5.74) is 0.634. The molecule has 0 unspecified atom stereocenters. The topological polar surface area (TPSA) is 36.7 Å². The Morgan fingerprint density at radius 3 is 2.47 bits per heavy atom. The molecule has 0 aromatic carbocycles. The molecule has 1 saturated carbocycles. The predicted molar refractivity (Wildman–Crippen MR) is 76.1 cm³/mol. The van der Waals surface area contributed by atoms with Crippen LogP contribution in [0.25, 0.3) is 0 Å². The van der Waals surface area contributed by atoms with Crippen LogP contribution < -0.4 is 0 Å². The van der Waals surface area contributed by atoms with Crippen molar-refractivity contribution in [1.82, 2.24) is 9.80 Å². The molecule has 0 bridgehead atoms. The molecule has 0 atom stereocenters. The molecule has 1 saturated heterocycles. The predicted octanol–water partition coefficient (Wildman–Crippen LogP) is 2.74. The maximum atomic E-state index is 12.3. The van der Waals surface area contributed by atoms with Crippen molar-refractivity contribution in [2.75, 3.05) is 26.2 Å². The lowest BCUT2D eigenvalue weighted by atomic mass is 10.1. The summed E-state index contributed by atoms with van der Waals surface area (Å²) in [4.78, 5) is 16.8. The number of carbonyl (C=O) groups is 1. The third-order valence-corrected chi connectivity index (χ3v) is 4.91. The Balaban J connectivity index is 1.58. The summed E-state index contributed by atoms with van der Waals surface area (Å²) in [5, 5.41) is 0. The smallest absolute Gasteiger partial charge is 0.258 e. The average molecular weight is 327 g/mol. The van der Waals surface area contributed by atoms with Gasteiger partial charge in [-0.25, -0.2) is 0 Å². The Morgan fingerprint density at radius 1 is 1.21 bits per heavy atom. The van der Waals surface area contributed by atoms with Crippen LogP contribution in [0.2, 0.25) is 0 Å². The molecular formula is C14H19BrN2O2. The zero-order valence-electron chi connectivity index (χ0n) is 11.0. The fourth-order valence-corrected chi connectivity index (χ4v) is 3.59. The quantitative estimate of drug-likeness (QED) is 0.838. The van der Waals surface area contributed by atoms with Crippen LogP contribution in [-0.4, -0.2) is 47.9 Å². The summed E-state index contributed by atoms with van der Waals surface area (Å²) in [7, 11) is 0. The van der Waals surface area contributed by atoms with Crippen molar-refractivity contribution in [3.8, 4) is 0 Å². The van der Waals surface area contributed by atoms with Gasteiger partial charge in [0.2, 0.25) is 0 Å². The van der Waals surface area contributed by atoms with Gasteiger partial charge in [-0.1, -0.05) is 12.8 Å². The lowest BCUT2D eigenvalue weighted by Gasteiger charge is -2.38. The first-order valence-electron chi connectivity index (χ1n) is 7.02. The first-order chi connectivity index (χ1) is 9.25. The highest BCUT2D eigenvalue weighted by Crippen LogP contribution is 2.25. The summed E-state index contributed by atoms with van der Waals surface area (Å²) in [5.74, 6) is 0.0756. The molecule has 1 aliphatic carbocycles. The first-order valence-corrected chi connectivity index (χ1v) is 7.81. The summed E-state index contributed by atoms with van der Waals surface area (Å²) in [6, 6.07) is 2.49. The highest BCUT2D eigenvalue weighted by Gasteiger charge is 2.29. The average Bonchev–Trinajstić information content (AvgIpc) is 3.09. The van der Waals surface area contributed by atoms with Crippen LogP contribution >= 0.6 is 15.9 Å². The first kappa shape index (κ1) is 13.2. The monoisotopic (exact) mass is 326 g/mol. The molecule has 2 aliphatic rings. The number of nitrogens with zero attached hydrogens (tertiary/aromatic N) is 2. The minimum Gasteiger partial charge on any atom is -0.457 e. The molecule has 1 aromatic rings. The van der Waals surface area contributed by atoms with Gasteiger partial charge < -0.3 is 9.32 Å². The fourth-order valence-electron chi connectivity index (χ4n) is 3.18. The van der Waals surface area contributed by atoms with Crippen molar-refractivity contribution in [1.29, 1.82) is 0 Å². The molecule has 0 radical (unpaired) electrons. The van der Waals surface area contributed by atoms with Gasteiger partial charge in [0.15, 0.2) is 4.67 Å². The molecule has 3 rings (SSSR count). The number of amides is 1. The van der Waals surface area contributed by atoms with E-state index in [1.165, 1.54) is 25.7 Å². The highest BCUT2D eigenvalue weighted by atomic mass is 79.9. The summed E-state index contributed by atoms with van der Waals surface area (Å²) in [6.45, 7) is 3.66. The molecule has 1 aromatic heterocycles. The van der Waals surface area contributed by atoms with E-state index in [4.69, 9.17) is 4.42 Å². The fraction of sp³-hybridized carbons (Fsp3) is 0.643. The van der Waals surface area contributed by atoms with E-state index < -0.39 is 0 Å². The Kier molecular flexibility index (Phi) is 3.93. The van der Waals surface area contributed by atoms with Crippen molar-refractivity contribution in [2.45, 2.75) is 31.7 Å². The highest BCUT2D eigenvalue weighted by molar-refractivity contribution is 9.10. The van der Waals surface area contributed by atoms with E-state index in [2.05, 4.69) is 20.8 Å². The molecule has 104 valence electrons. The van der Waals surface area contributed by atoms with Crippen molar-refractivity contribution in [3.63, 3.8) is 0 Å². The lowest BCUT2D eigenvalue weighted by molar-refractivity contribution is 0.0571. The number of piperazine rings is 1. The minimum atomic E-state index is 0.0756. The van der Waals surface area contributed by atoms with Gasteiger partial charge in [0.1, 0.15) is 0 Å². The van der Waals surface area contributed by atoms with E-state index in [0.29, 0.717) is 10.2 Å².